The second kappa shape index (κ2) is 7.89. The lowest BCUT2D eigenvalue weighted by Gasteiger charge is -2.16. The summed E-state index contributed by atoms with van der Waals surface area (Å²) in [5.41, 5.74) is 0. The molecule has 0 saturated heterocycles. The maximum Gasteiger partial charge on any atom is 0.261 e. The summed E-state index contributed by atoms with van der Waals surface area (Å²) in [4.78, 5) is 17.4. The maximum absolute atomic E-state index is 12.9. The Kier molecular flexibility index (Phi) is 5.39. The zero-order valence-corrected chi connectivity index (χ0v) is 14.3. The van der Waals surface area contributed by atoms with Crippen LogP contribution in [0.15, 0.2) is 46.3 Å². The number of carbonyl (C=O) groups excluding carboxylic acids is 1. The molecule has 3 aromatic rings. The van der Waals surface area contributed by atoms with Gasteiger partial charge in [0.1, 0.15) is 11.6 Å². The van der Waals surface area contributed by atoms with Crippen LogP contribution in [-0.2, 0) is 11.3 Å². The Morgan fingerprint density at radius 2 is 2.16 bits per heavy atom. The first-order chi connectivity index (χ1) is 12.2. The van der Waals surface area contributed by atoms with Gasteiger partial charge in [-0.15, -0.1) is 11.3 Å². The zero-order chi connectivity index (χ0) is 17.6. The van der Waals surface area contributed by atoms with Crippen LogP contribution in [0.2, 0.25) is 0 Å². The molecule has 8 heteroatoms. The van der Waals surface area contributed by atoms with Gasteiger partial charge in [-0.3, -0.25) is 4.79 Å². The Morgan fingerprint density at radius 1 is 1.36 bits per heavy atom. The smallest absolute Gasteiger partial charge is 0.261 e. The summed E-state index contributed by atoms with van der Waals surface area (Å²) in [5.74, 6) is 0.578. The van der Waals surface area contributed by atoms with Crippen molar-refractivity contribution in [3.63, 3.8) is 0 Å². The lowest BCUT2D eigenvalue weighted by molar-refractivity contribution is -0.128. The molecule has 2 aromatic heterocycles. The largest absolute Gasteiger partial charge is 0.481 e. The minimum atomic E-state index is -0.690. The fourth-order valence-corrected chi connectivity index (χ4v) is 2.76. The molecule has 0 saturated carbocycles. The fourth-order valence-electron chi connectivity index (χ4n) is 2.11. The predicted octanol–water partition coefficient (Wildman–Crippen LogP) is 3.41. The fraction of sp³-hybridized carbons (Fsp3) is 0.235. The van der Waals surface area contributed by atoms with E-state index in [4.69, 9.17) is 9.26 Å². The number of rotatable bonds is 7. The Bertz CT molecular complexity index is 818. The number of aromatic nitrogens is 2. The summed E-state index contributed by atoms with van der Waals surface area (Å²) in [6, 6.07) is 9.32. The lowest BCUT2D eigenvalue weighted by atomic mass is 10.2. The summed E-state index contributed by atoms with van der Waals surface area (Å²) >= 11 is 1.51. The van der Waals surface area contributed by atoms with E-state index < -0.39 is 6.10 Å². The molecule has 0 aliphatic heterocycles. The van der Waals surface area contributed by atoms with Crippen LogP contribution in [0, 0.1) is 5.82 Å². The van der Waals surface area contributed by atoms with Gasteiger partial charge in [0.15, 0.2) is 6.10 Å². The van der Waals surface area contributed by atoms with E-state index in [1.807, 2.05) is 24.4 Å². The molecule has 0 radical (unpaired) electrons. The van der Waals surface area contributed by atoms with E-state index in [2.05, 4.69) is 15.5 Å². The average molecular weight is 361 g/mol. The van der Waals surface area contributed by atoms with E-state index in [0.717, 1.165) is 4.88 Å². The number of ether oxygens (including phenoxy) is 1. The number of hydrogen-bond donors (Lipinski definition) is 1. The van der Waals surface area contributed by atoms with Gasteiger partial charge in [0.05, 0.1) is 11.4 Å². The molecule has 6 nitrogen and oxygen atoms in total. The summed E-state index contributed by atoms with van der Waals surface area (Å²) in [6.07, 6.45) is -0.224. The monoisotopic (exact) mass is 361 g/mol. The Morgan fingerprint density at radius 3 is 2.84 bits per heavy atom. The van der Waals surface area contributed by atoms with Crippen molar-refractivity contribution in [1.29, 1.82) is 0 Å². The second-order valence-corrected chi connectivity index (χ2v) is 6.12. The highest BCUT2D eigenvalue weighted by Crippen LogP contribution is 2.21. The number of thiophene rings is 1. The SMILES string of the molecule is CCC(Oc1ccc(F)cc1)C(=O)NCc1nc(-c2cccs2)no1. The van der Waals surface area contributed by atoms with Gasteiger partial charge in [-0.05, 0) is 42.1 Å². The first-order valence-electron chi connectivity index (χ1n) is 7.72. The van der Waals surface area contributed by atoms with E-state index in [1.165, 1.54) is 35.6 Å². The molecular weight excluding hydrogens is 345 g/mol. The molecule has 0 fully saturated rings. The van der Waals surface area contributed by atoms with Crippen LogP contribution in [0.5, 0.6) is 5.75 Å². The standard InChI is InChI=1S/C17H16FN3O3S/c1-2-13(23-12-7-5-11(18)6-8-12)17(22)19-10-15-20-16(21-24-15)14-4-3-9-25-14/h3-9,13H,2,10H2,1H3,(H,19,22). The summed E-state index contributed by atoms with van der Waals surface area (Å²) in [5, 5.41) is 8.52. The van der Waals surface area contributed by atoms with Crippen molar-refractivity contribution < 1.29 is 18.4 Å². The minimum absolute atomic E-state index is 0.112. The van der Waals surface area contributed by atoms with Gasteiger partial charge < -0.3 is 14.6 Å². The second-order valence-electron chi connectivity index (χ2n) is 5.18. The third kappa shape index (κ3) is 4.42. The first-order valence-corrected chi connectivity index (χ1v) is 8.60. The van der Waals surface area contributed by atoms with Crippen molar-refractivity contribution in [3.05, 3.63) is 53.5 Å². The highest BCUT2D eigenvalue weighted by atomic mass is 32.1. The molecule has 0 aliphatic rings. The topological polar surface area (TPSA) is 77.2 Å². The molecule has 0 spiro atoms. The van der Waals surface area contributed by atoms with Gasteiger partial charge in [0.2, 0.25) is 11.7 Å². The Balaban J connectivity index is 1.56. The van der Waals surface area contributed by atoms with Crippen LogP contribution in [0.25, 0.3) is 10.7 Å². The van der Waals surface area contributed by atoms with Gasteiger partial charge in [-0.25, -0.2) is 4.39 Å². The molecule has 1 N–H and O–H groups in total. The van der Waals surface area contributed by atoms with Crippen molar-refractivity contribution in [2.24, 2.45) is 0 Å². The summed E-state index contributed by atoms with van der Waals surface area (Å²) in [6.45, 7) is 1.94. The highest BCUT2D eigenvalue weighted by Gasteiger charge is 2.19. The van der Waals surface area contributed by atoms with Crippen LogP contribution in [0.3, 0.4) is 0 Å². The van der Waals surface area contributed by atoms with E-state index in [1.54, 1.807) is 0 Å². The molecule has 1 aromatic carbocycles. The zero-order valence-electron chi connectivity index (χ0n) is 13.4. The van der Waals surface area contributed by atoms with E-state index in [-0.39, 0.29) is 18.3 Å². The van der Waals surface area contributed by atoms with E-state index >= 15 is 0 Å². The van der Waals surface area contributed by atoms with E-state index in [0.29, 0.717) is 23.9 Å². The molecule has 2 heterocycles. The van der Waals surface area contributed by atoms with Crippen LogP contribution < -0.4 is 10.1 Å². The predicted molar refractivity (Wildman–Crippen MR) is 90.6 cm³/mol. The van der Waals surface area contributed by atoms with Gasteiger partial charge in [0, 0.05) is 0 Å². The van der Waals surface area contributed by atoms with Gasteiger partial charge >= 0.3 is 0 Å². The summed E-state index contributed by atoms with van der Waals surface area (Å²) in [7, 11) is 0. The third-order valence-corrected chi connectivity index (χ3v) is 4.24. The van der Waals surface area contributed by atoms with Gasteiger partial charge in [-0.2, -0.15) is 4.98 Å². The number of benzene rings is 1. The van der Waals surface area contributed by atoms with Gasteiger partial charge in [-0.1, -0.05) is 18.1 Å². The molecular formula is C17H16FN3O3S. The number of amides is 1. The maximum atomic E-state index is 12.9. The quantitative estimate of drug-likeness (QED) is 0.698. The van der Waals surface area contributed by atoms with Crippen molar-refractivity contribution >= 4 is 17.2 Å². The van der Waals surface area contributed by atoms with Crippen LogP contribution in [0.1, 0.15) is 19.2 Å². The van der Waals surface area contributed by atoms with E-state index in [9.17, 15) is 9.18 Å². The normalized spacial score (nSPS) is 11.9. The van der Waals surface area contributed by atoms with Gasteiger partial charge in [0.25, 0.3) is 5.91 Å². The van der Waals surface area contributed by atoms with Crippen molar-refractivity contribution in [2.45, 2.75) is 26.0 Å². The average Bonchev–Trinajstić information content (AvgIpc) is 3.30. The number of nitrogens with zero attached hydrogens (tertiary/aromatic N) is 2. The molecule has 1 unspecified atom stereocenters. The highest BCUT2D eigenvalue weighted by molar-refractivity contribution is 7.13. The number of nitrogens with one attached hydrogen (secondary N) is 1. The Labute approximate surface area is 147 Å². The summed E-state index contributed by atoms with van der Waals surface area (Å²) < 4.78 is 23.6. The van der Waals surface area contributed by atoms with Crippen LogP contribution in [0.4, 0.5) is 4.39 Å². The molecule has 0 bridgehead atoms. The number of halogens is 1. The van der Waals surface area contributed by atoms with Crippen molar-refractivity contribution in [2.75, 3.05) is 0 Å². The molecule has 1 atom stereocenters. The van der Waals surface area contributed by atoms with Crippen LogP contribution >= 0.6 is 11.3 Å². The van der Waals surface area contributed by atoms with Crippen molar-refractivity contribution in [1.82, 2.24) is 15.5 Å². The molecule has 25 heavy (non-hydrogen) atoms. The minimum Gasteiger partial charge on any atom is -0.481 e. The van der Waals surface area contributed by atoms with Crippen LogP contribution in [-0.4, -0.2) is 22.2 Å². The Hall–Kier alpha value is -2.74. The molecule has 0 aliphatic carbocycles. The molecule has 130 valence electrons. The van der Waals surface area contributed by atoms with Crippen molar-refractivity contribution in [3.8, 4) is 16.5 Å². The third-order valence-electron chi connectivity index (χ3n) is 3.38. The molecule has 3 rings (SSSR count). The molecule has 1 amide bonds. The lowest BCUT2D eigenvalue weighted by Crippen LogP contribution is -2.37. The number of hydrogen-bond acceptors (Lipinski definition) is 6. The number of carbonyl (C=O) groups is 1. The first kappa shape index (κ1) is 17.1.